The average molecular weight is 408 g/mol. The Hall–Kier alpha value is -2.88. The van der Waals surface area contributed by atoms with Crippen molar-refractivity contribution in [3.8, 4) is 0 Å². The van der Waals surface area contributed by atoms with Crippen LogP contribution in [0.1, 0.15) is 35.1 Å². The number of aryl methyl sites for hydroxylation is 1. The Morgan fingerprint density at radius 3 is 2.75 bits per heavy atom. The van der Waals surface area contributed by atoms with Crippen LogP contribution in [0.4, 0.5) is 14.5 Å². The number of benzene rings is 1. The molecule has 3 aromatic rings. The summed E-state index contributed by atoms with van der Waals surface area (Å²) in [6, 6.07) is 3.44. The van der Waals surface area contributed by atoms with E-state index in [9.17, 15) is 22.0 Å². The topological polar surface area (TPSA) is 105 Å². The number of pyridine rings is 1. The number of anilines is 1. The van der Waals surface area contributed by atoms with Crippen LogP contribution in [0.25, 0.3) is 11.2 Å². The van der Waals surface area contributed by atoms with Crippen molar-refractivity contribution in [3.63, 3.8) is 0 Å². The Kier molecular flexibility index (Phi) is 5.41. The molecule has 2 N–H and O–H groups in total. The molecule has 0 radical (unpaired) electrons. The van der Waals surface area contributed by atoms with Gasteiger partial charge in [-0.25, -0.2) is 27.2 Å². The minimum absolute atomic E-state index is 0.220. The Balaban J connectivity index is 1.90. The van der Waals surface area contributed by atoms with Crippen molar-refractivity contribution in [3.05, 3.63) is 53.0 Å². The lowest BCUT2D eigenvalue weighted by Gasteiger charge is -2.11. The first-order valence-corrected chi connectivity index (χ1v) is 10.2. The van der Waals surface area contributed by atoms with Crippen LogP contribution < -0.4 is 4.72 Å². The molecule has 0 aliphatic heterocycles. The van der Waals surface area contributed by atoms with E-state index in [2.05, 4.69) is 19.7 Å². The normalized spacial score (nSPS) is 11.7. The number of sulfonamides is 1. The maximum Gasteiger partial charge on any atom is 0.232 e. The molecule has 0 fully saturated rings. The molecule has 0 bridgehead atoms. The van der Waals surface area contributed by atoms with Gasteiger partial charge in [-0.2, -0.15) is 0 Å². The fourth-order valence-corrected chi connectivity index (χ4v) is 3.94. The number of imidazole rings is 1. The maximum absolute atomic E-state index is 14.7. The molecule has 2 aromatic heterocycles. The number of ketones is 1. The quantitative estimate of drug-likeness (QED) is 0.585. The van der Waals surface area contributed by atoms with Crippen molar-refractivity contribution in [2.24, 2.45) is 0 Å². The number of H-pyrrole nitrogens is 1. The van der Waals surface area contributed by atoms with Crippen LogP contribution in [-0.2, 0) is 16.4 Å². The number of carbonyl (C=O) groups excluding carboxylic acids is 1. The Labute approximate surface area is 160 Å². The first-order valence-electron chi connectivity index (χ1n) is 8.53. The first kappa shape index (κ1) is 19.9. The van der Waals surface area contributed by atoms with Crippen LogP contribution >= 0.6 is 0 Å². The highest BCUT2D eigenvalue weighted by atomic mass is 32.2. The molecule has 10 heteroatoms. The highest BCUT2D eigenvalue weighted by Gasteiger charge is 2.23. The van der Waals surface area contributed by atoms with E-state index in [1.807, 2.05) is 0 Å². The average Bonchev–Trinajstić information content (AvgIpc) is 2.96. The first-order chi connectivity index (χ1) is 13.2. The van der Waals surface area contributed by atoms with Gasteiger partial charge in [0.15, 0.2) is 17.2 Å². The summed E-state index contributed by atoms with van der Waals surface area (Å²) in [5, 5.41) is 0. The molecule has 0 aliphatic rings. The number of nitrogens with one attached hydrogen (secondary N) is 2. The Morgan fingerprint density at radius 2 is 2.04 bits per heavy atom. The number of aromatic nitrogens is 3. The van der Waals surface area contributed by atoms with Crippen molar-refractivity contribution >= 4 is 32.7 Å². The second-order valence-corrected chi connectivity index (χ2v) is 8.18. The summed E-state index contributed by atoms with van der Waals surface area (Å²) in [5.74, 6) is -2.70. The van der Waals surface area contributed by atoms with Crippen molar-refractivity contribution in [2.75, 3.05) is 10.5 Å². The van der Waals surface area contributed by atoms with Gasteiger partial charge in [-0.05, 0) is 37.1 Å². The summed E-state index contributed by atoms with van der Waals surface area (Å²) in [6.07, 6.45) is 1.43. The molecule has 0 saturated heterocycles. The van der Waals surface area contributed by atoms with Gasteiger partial charge in [-0.3, -0.25) is 9.52 Å². The number of fused-ring (bicyclic) bond motifs is 1. The molecule has 0 aliphatic carbocycles. The number of hydrogen-bond acceptors (Lipinski definition) is 5. The third-order valence-corrected chi connectivity index (χ3v) is 5.46. The summed E-state index contributed by atoms with van der Waals surface area (Å²) < 4.78 is 54.6. The van der Waals surface area contributed by atoms with Crippen molar-refractivity contribution in [2.45, 2.75) is 26.7 Å². The van der Waals surface area contributed by atoms with Gasteiger partial charge in [-0.1, -0.05) is 6.92 Å². The standard InChI is InChI=1S/C18H18F2N4O3S/c1-3-6-28(26,27)24-13-5-4-12(19)16(17(13)20)15(25)8-11-7-14-18(21-9-11)23-10(2)22-14/h4-5,7,9,24H,3,6,8H2,1-2H3,(H,21,22,23). The van der Waals surface area contributed by atoms with Crippen LogP contribution in [0.2, 0.25) is 0 Å². The number of halogens is 2. The molecule has 0 unspecified atom stereocenters. The van der Waals surface area contributed by atoms with Gasteiger partial charge in [0.1, 0.15) is 11.6 Å². The zero-order valence-corrected chi connectivity index (χ0v) is 16.0. The van der Waals surface area contributed by atoms with E-state index in [0.717, 1.165) is 12.1 Å². The fraction of sp³-hybridized carbons (Fsp3) is 0.278. The second kappa shape index (κ2) is 7.63. The van der Waals surface area contributed by atoms with Crippen LogP contribution in [0.5, 0.6) is 0 Å². The third-order valence-electron chi connectivity index (χ3n) is 3.99. The van der Waals surface area contributed by atoms with Crippen LogP contribution in [0.3, 0.4) is 0 Å². The van der Waals surface area contributed by atoms with E-state index in [4.69, 9.17) is 0 Å². The molecular formula is C18H18F2N4O3S. The van der Waals surface area contributed by atoms with Gasteiger partial charge in [0, 0.05) is 12.6 Å². The highest BCUT2D eigenvalue weighted by Crippen LogP contribution is 2.24. The molecule has 1 aromatic carbocycles. The zero-order chi connectivity index (χ0) is 20.5. The number of Topliss-reactive ketones (excluding diaryl/α,β-unsaturated/α-hetero) is 1. The number of carbonyl (C=O) groups is 1. The van der Waals surface area contributed by atoms with Gasteiger partial charge in [0.05, 0.1) is 22.5 Å². The lowest BCUT2D eigenvalue weighted by Crippen LogP contribution is -2.19. The molecule has 28 heavy (non-hydrogen) atoms. The third kappa shape index (κ3) is 4.16. The molecule has 148 valence electrons. The Bertz CT molecular complexity index is 1160. The summed E-state index contributed by atoms with van der Waals surface area (Å²) in [4.78, 5) is 23.8. The molecule has 3 rings (SSSR count). The molecule has 0 spiro atoms. The van der Waals surface area contributed by atoms with Crippen molar-refractivity contribution < 1.29 is 22.0 Å². The molecule has 7 nitrogen and oxygen atoms in total. The smallest absolute Gasteiger partial charge is 0.232 e. The van der Waals surface area contributed by atoms with Gasteiger partial charge >= 0.3 is 0 Å². The van der Waals surface area contributed by atoms with Crippen molar-refractivity contribution in [1.29, 1.82) is 0 Å². The van der Waals surface area contributed by atoms with Gasteiger partial charge < -0.3 is 4.98 Å². The minimum atomic E-state index is -3.79. The van der Waals surface area contributed by atoms with E-state index >= 15 is 0 Å². The highest BCUT2D eigenvalue weighted by molar-refractivity contribution is 7.92. The summed E-state index contributed by atoms with van der Waals surface area (Å²) in [6.45, 7) is 3.41. The summed E-state index contributed by atoms with van der Waals surface area (Å²) in [7, 11) is -3.79. The van der Waals surface area contributed by atoms with Gasteiger partial charge in [0.25, 0.3) is 0 Å². The minimum Gasteiger partial charge on any atom is -0.341 e. The maximum atomic E-state index is 14.7. The Morgan fingerprint density at radius 1 is 1.29 bits per heavy atom. The number of nitrogens with zero attached hydrogens (tertiary/aromatic N) is 2. The SMILES string of the molecule is CCCS(=O)(=O)Nc1ccc(F)c(C(=O)Cc2cnc3nc(C)[nH]c3c2)c1F. The zero-order valence-electron chi connectivity index (χ0n) is 15.2. The molecular weight excluding hydrogens is 390 g/mol. The largest absolute Gasteiger partial charge is 0.341 e. The van der Waals surface area contributed by atoms with E-state index in [-0.39, 0.29) is 12.2 Å². The van der Waals surface area contributed by atoms with Crippen molar-refractivity contribution in [1.82, 2.24) is 15.0 Å². The monoisotopic (exact) mass is 408 g/mol. The number of rotatable bonds is 7. The fourth-order valence-electron chi connectivity index (χ4n) is 2.81. The lowest BCUT2D eigenvalue weighted by molar-refractivity contribution is 0.0985. The molecule has 0 atom stereocenters. The second-order valence-electron chi connectivity index (χ2n) is 6.34. The van der Waals surface area contributed by atoms with Gasteiger partial charge in [-0.15, -0.1) is 0 Å². The van der Waals surface area contributed by atoms with E-state index < -0.39 is 38.7 Å². The summed E-state index contributed by atoms with van der Waals surface area (Å²) in [5.41, 5.74) is 0.258. The summed E-state index contributed by atoms with van der Waals surface area (Å²) >= 11 is 0. The molecule has 0 amide bonds. The predicted octanol–water partition coefficient (Wildman–Crippen LogP) is 3.12. The van der Waals surface area contributed by atoms with E-state index in [0.29, 0.717) is 29.0 Å². The lowest BCUT2D eigenvalue weighted by atomic mass is 10.0. The van der Waals surface area contributed by atoms with Crippen LogP contribution in [0, 0.1) is 18.6 Å². The molecule has 2 heterocycles. The van der Waals surface area contributed by atoms with Crippen LogP contribution in [0.15, 0.2) is 24.4 Å². The van der Waals surface area contributed by atoms with E-state index in [1.165, 1.54) is 6.20 Å². The molecule has 0 saturated carbocycles. The van der Waals surface area contributed by atoms with Crippen LogP contribution in [-0.4, -0.2) is 34.9 Å². The van der Waals surface area contributed by atoms with E-state index in [1.54, 1.807) is 19.9 Å². The number of aromatic amines is 1. The number of hydrogen-bond donors (Lipinski definition) is 2. The predicted molar refractivity (Wildman–Crippen MR) is 101 cm³/mol. The van der Waals surface area contributed by atoms with Gasteiger partial charge in [0.2, 0.25) is 10.0 Å².